The van der Waals surface area contributed by atoms with E-state index < -0.39 is 17.0 Å². The van der Waals surface area contributed by atoms with Crippen LogP contribution in [0.4, 0.5) is 5.69 Å². The summed E-state index contributed by atoms with van der Waals surface area (Å²) in [7, 11) is 3.68. The van der Waals surface area contributed by atoms with E-state index >= 15 is 0 Å². The van der Waals surface area contributed by atoms with E-state index in [4.69, 9.17) is 14.8 Å². The number of esters is 1. The van der Waals surface area contributed by atoms with Gasteiger partial charge in [-0.1, -0.05) is 5.11 Å². The Kier molecular flexibility index (Phi) is 6.13. The SMILES string of the molecule is CN(C)CCOC(=O)c1ccc(S(=O)O)cc1N=[N+]=[N-]. The van der Waals surface area contributed by atoms with Crippen LogP contribution in [0.5, 0.6) is 0 Å². The zero-order valence-electron chi connectivity index (χ0n) is 11.0. The number of nitrogens with zero attached hydrogens (tertiary/aromatic N) is 4. The van der Waals surface area contributed by atoms with Crippen LogP contribution in [0.2, 0.25) is 0 Å². The van der Waals surface area contributed by atoms with Gasteiger partial charge in [0.05, 0.1) is 16.1 Å². The number of rotatable bonds is 6. The smallest absolute Gasteiger partial charge is 0.338 e. The molecule has 9 heteroatoms. The molecule has 0 amide bonds. The zero-order valence-corrected chi connectivity index (χ0v) is 11.8. The molecule has 0 aliphatic rings. The molecule has 20 heavy (non-hydrogen) atoms. The van der Waals surface area contributed by atoms with Gasteiger partial charge in [0.15, 0.2) is 11.1 Å². The van der Waals surface area contributed by atoms with Crippen LogP contribution in [-0.2, 0) is 15.8 Å². The van der Waals surface area contributed by atoms with E-state index in [1.54, 1.807) is 0 Å². The highest BCUT2D eigenvalue weighted by Gasteiger charge is 2.14. The number of carbonyl (C=O) groups excluding carboxylic acids is 1. The van der Waals surface area contributed by atoms with Gasteiger partial charge in [0.2, 0.25) is 0 Å². The number of benzene rings is 1. The molecule has 8 nitrogen and oxygen atoms in total. The van der Waals surface area contributed by atoms with Crippen molar-refractivity contribution >= 4 is 22.7 Å². The van der Waals surface area contributed by atoms with Gasteiger partial charge >= 0.3 is 5.97 Å². The minimum absolute atomic E-state index is 0.0391. The normalized spacial score (nSPS) is 11.8. The molecule has 1 N–H and O–H groups in total. The van der Waals surface area contributed by atoms with Gasteiger partial charge in [-0.25, -0.2) is 9.00 Å². The number of ether oxygens (including phenoxy) is 1. The summed E-state index contributed by atoms with van der Waals surface area (Å²) in [5.74, 6) is -0.649. The second kappa shape index (κ2) is 7.61. The van der Waals surface area contributed by atoms with Crippen LogP contribution < -0.4 is 0 Å². The molecule has 1 rings (SSSR count). The fourth-order valence-corrected chi connectivity index (χ4v) is 1.72. The van der Waals surface area contributed by atoms with Gasteiger partial charge < -0.3 is 14.2 Å². The van der Waals surface area contributed by atoms with E-state index in [1.807, 2.05) is 19.0 Å². The summed E-state index contributed by atoms with van der Waals surface area (Å²) in [6, 6.07) is 3.78. The number of likely N-dealkylation sites (N-methyl/N-ethyl adjacent to an activating group) is 1. The van der Waals surface area contributed by atoms with Gasteiger partial charge in [-0.05, 0) is 37.8 Å². The highest BCUT2D eigenvalue weighted by Crippen LogP contribution is 2.23. The number of carbonyl (C=O) groups is 1. The maximum Gasteiger partial charge on any atom is 0.338 e. The minimum atomic E-state index is -2.22. The Morgan fingerprint density at radius 1 is 1.55 bits per heavy atom. The molecular formula is C11H14N4O4S. The Morgan fingerprint density at radius 2 is 2.25 bits per heavy atom. The van der Waals surface area contributed by atoms with Gasteiger partial charge in [0.1, 0.15) is 6.61 Å². The van der Waals surface area contributed by atoms with Crippen molar-refractivity contribution in [3.63, 3.8) is 0 Å². The maximum atomic E-state index is 11.8. The summed E-state index contributed by atoms with van der Waals surface area (Å²) in [6.07, 6.45) is 0. The topological polar surface area (TPSA) is 116 Å². The monoisotopic (exact) mass is 298 g/mol. The first-order valence-electron chi connectivity index (χ1n) is 5.57. The van der Waals surface area contributed by atoms with Gasteiger partial charge in [-0.15, -0.1) is 0 Å². The lowest BCUT2D eigenvalue weighted by Crippen LogP contribution is -2.20. The van der Waals surface area contributed by atoms with Crippen molar-refractivity contribution in [2.45, 2.75) is 4.90 Å². The van der Waals surface area contributed by atoms with E-state index in [0.717, 1.165) is 0 Å². The lowest BCUT2D eigenvalue weighted by molar-refractivity contribution is 0.0482. The molecule has 1 aromatic rings. The summed E-state index contributed by atoms with van der Waals surface area (Å²) >= 11 is -2.22. The Balaban J connectivity index is 2.95. The molecule has 0 heterocycles. The van der Waals surface area contributed by atoms with Crippen LogP contribution in [0.1, 0.15) is 10.4 Å². The molecule has 0 aliphatic carbocycles. The van der Waals surface area contributed by atoms with E-state index in [2.05, 4.69) is 10.0 Å². The molecule has 0 saturated heterocycles. The van der Waals surface area contributed by atoms with Gasteiger partial charge in [-0.3, -0.25) is 0 Å². The average molecular weight is 298 g/mol. The molecule has 0 bridgehead atoms. The van der Waals surface area contributed by atoms with Crippen LogP contribution in [0.25, 0.3) is 10.4 Å². The van der Waals surface area contributed by atoms with Gasteiger partial charge in [-0.2, -0.15) is 0 Å². The average Bonchev–Trinajstić information content (AvgIpc) is 2.38. The van der Waals surface area contributed by atoms with Crippen molar-refractivity contribution in [3.8, 4) is 0 Å². The fraction of sp³-hybridized carbons (Fsp3) is 0.364. The second-order valence-electron chi connectivity index (χ2n) is 4.06. The van der Waals surface area contributed by atoms with E-state index in [0.29, 0.717) is 6.54 Å². The largest absolute Gasteiger partial charge is 0.461 e. The van der Waals surface area contributed by atoms with Crippen LogP contribution in [0.3, 0.4) is 0 Å². The van der Waals surface area contributed by atoms with Crippen molar-refractivity contribution in [1.29, 1.82) is 0 Å². The molecule has 1 aromatic carbocycles. The number of azide groups is 1. The van der Waals surface area contributed by atoms with Crippen LogP contribution in [-0.4, -0.2) is 46.9 Å². The van der Waals surface area contributed by atoms with Crippen molar-refractivity contribution in [2.75, 3.05) is 27.2 Å². The predicted molar refractivity (Wildman–Crippen MR) is 73.1 cm³/mol. The lowest BCUT2D eigenvalue weighted by atomic mass is 10.2. The predicted octanol–water partition coefficient (Wildman–Crippen LogP) is 1.93. The molecule has 1 unspecified atom stereocenters. The van der Waals surface area contributed by atoms with Crippen molar-refractivity contribution in [2.24, 2.45) is 5.11 Å². The molecule has 0 saturated carbocycles. The van der Waals surface area contributed by atoms with E-state index in [9.17, 15) is 9.00 Å². The summed E-state index contributed by atoms with van der Waals surface area (Å²) in [5.41, 5.74) is 8.48. The summed E-state index contributed by atoms with van der Waals surface area (Å²) in [6.45, 7) is 0.747. The molecule has 0 radical (unpaired) electrons. The molecule has 1 atom stereocenters. The maximum absolute atomic E-state index is 11.8. The van der Waals surface area contributed by atoms with Gasteiger partial charge in [0, 0.05) is 11.5 Å². The third-order valence-corrected chi connectivity index (χ3v) is 2.97. The Hall–Kier alpha value is -1.93. The van der Waals surface area contributed by atoms with Crippen molar-refractivity contribution in [3.05, 3.63) is 34.2 Å². The minimum Gasteiger partial charge on any atom is -0.461 e. The molecule has 0 fully saturated rings. The van der Waals surface area contributed by atoms with Crippen LogP contribution in [0, 0.1) is 0 Å². The van der Waals surface area contributed by atoms with Crippen LogP contribution >= 0.6 is 0 Å². The van der Waals surface area contributed by atoms with E-state index in [1.165, 1.54) is 18.2 Å². The summed E-state index contributed by atoms with van der Waals surface area (Å²) < 4.78 is 24.9. The first-order chi connectivity index (χ1) is 9.45. The molecular weight excluding hydrogens is 284 g/mol. The zero-order chi connectivity index (χ0) is 15.1. The summed E-state index contributed by atoms with van der Waals surface area (Å²) in [5, 5.41) is 3.34. The Bertz CT molecular complexity index is 570. The quantitative estimate of drug-likeness (QED) is 0.283. The summed E-state index contributed by atoms with van der Waals surface area (Å²) in [4.78, 5) is 16.3. The first kappa shape index (κ1) is 16.1. The van der Waals surface area contributed by atoms with Gasteiger partial charge in [0.25, 0.3) is 0 Å². The van der Waals surface area contributed by atoms with Crippen molar-refractivity contribution < 1.29 is 18.3 Å². The van der Waals surface area contributed by atoms with E-state index in [-0.39, 0.29) is 22.8 Å². The number of hydrogen-bond donors (Lipinski definition) is 1. The molecule has 108 valence electrons. The molecule has 0 aliphatic heterocycles. The fourth-order valence-electron chi connectivity index (χ4n) is 1.32. The highest BCUT2D eigenvalue weighted by molar-refractivity contribution is 7.79. The number of hydrogen-bond acceptors (Lipinski definition) is 5. The Morgan fingerprint density at radius 3 is 2.80 bits per heavy atom. The molecule has 0 aromatic heterocycles. The third kappa shape index (κ3) is 4.63. The lowest BCUT2D eigenvalue weighted by Gasteiger charge is -2.11. The third-order valence-electron chi connectivity index (χ3n) is 2.31. The van der Waals surface area contributed by atoms with Crippen molar-refractivity contribution in [1.82, 2.24) is 4.90 Å². The van der Waals surface area contributed by atoms with Crippen LogP contribution in [0.15, 0.2) is 28.2 Å². The standard InChI is InChI=1S/C11H14N4O4S/c1-15(2)5-6-19-11(16)9-4-3-8(20(17)18)7-10(9)13-14-12/h3-4,7H,5-6H2,1-2H3,(H,17,18). The Labute approximate surface area is 118 Å². The first-order valence-corrected chi connectivity index (χ1v) is 6.68. The highest BCUT2D eigenvalue weighted by atomic mass is 32.2. The molecule has 0 spiro atoms. The second-order valence-corrected chi connectivity index (χ2v) is 5.03.